The predicted octanol–water partition coefficient (Wildman–Crippen LogP) is 1.39. The normalized spacial score (nSPS) is 16.2. The molecular formula is C21H21FN6O4S. The van der Waals surface area contributed by atoms with E-state index in [1.165, 1.54) is 57.9 Å². The van der Waals surface area contributed by atoms with Gasteiger partial charge in [0.05, 0.1) is 29.2 Å². The third kappa shape index (κ3) is 3.74. The lowest BCUT2D eigenvalue weighted by Crippen LogP contribution is -2.40. The number of halogens is 1. The van der Waals surface area contributed by atoms with Gasteiger partial charge in [-0.3, -0.25) is 23.6 Å². The van der Waals surface area contributed by atoms with E-state index in [2.05, 4.69) is 9.97 Å². The second-order valence-corrected chi connectivity index (χ2v) is 9.01. The van der Waals surface area contributed by atoms with Crippen LogP contribution in [-0.2, 0) is 30.2 Å². The number of aromatic nitrogens is 5. The van der Waals surface area contributed by atoms with Crippen molar-refractivity contribution >= 4 is 43.8 Å². The SMILES string of the molecule is Cn1c(=O)c2c(ncn2CC(=O)N(CC2CCCO2)c2nc3ccc(F)cc3s2)n(C)c1=O. The van der Waals surface area contributed by atoms with E-state index in [0.29, 0.717) is 28.5 Å². The number of fused-ring (bicyclic) bond motifs is 2. The van der Waals surface area contributed by atoms with Crippen LogP contribution in [0, 0.1) is 5.82 Å². The lowest BCUT2D eigenvalue weighted by Gasteiger charge is -2.23. The molecule has 0 N–H and O–H groups in total. The zero-order chi connectivity index (χ0) is 23.3. The van der Waals surface area contributed by atoms with Gasteiger partial charge in [0.25, 0.3) is 5.56 Å². The average molecular weight is 473 g/mol. The van der Waals surface area contributed by atoms with Gasteiger partial charge in [-0.15, -0.1) is 0 Å². The summed E-state index contributed by atoms with van der Waals surface area (Å²) in [7, 11) is 2.90. The first-order valence-corrected chi connectivity index (χ1v) is 11.2. The summed E-state index contributed by atoms with van der Waals surface area (Å²) in [6, 6.07) is 4.29. The Hall–Kier alpha value is -3.38. The highest BCUT2D eigenvalue weighted by Crippen LogP contribution is 2.30. The number of amides is 1. The number of hydrogen-bond acceptors (Lipinski definition) is 7. The Kier molecular flexibility index (Phi) is 5.33. The summed E-state index contributed by atoms with van der Waals surface area (Å²) >= 11 is 1.22. The van der Waals surface area contributed by atoms with Crippen molar-refractivity contribution in [3.63, 3.8) is 0 Å². The lowest BCUT2D eigenvalue weighted by atomic mass is 10.2. The van der Waals surface area contributed by atoms with E-state index < -0.39 is 11.2 Å². The van der Waals surface area contributed by atoms with Crippen molar-refractivity contribution in [2.24, 2.45) is 14.1 Å². The monoisotopic (exact) mass is 472 g/mol. The number of aryl methyl sites for hydroxylation is 1. The molecule has 1 atom stereocenters. The molecule has 33 heavy (non-hydrogen) atoms. The van der Waals surface area contributed by atoms with E-state index >= 15 is 0 Å². The molecule has 4 aromatic rings. The number of carbonyl (C=O) groups is 1. The summed E-state index contributed by atoms with van der Waals surface area (Å²) in [5.74, 6) is -0.693. The molecule has 12 heteroatoms. The van der Waals surface area contributed by atoms with Gasteiger partial charge in [-0.2, -0.15) is 0 Å². The molecule has 0 bridgehead atoms. The summed E-state index contributed by atoms with van der Waals surface area (Å²) in [4.78, 5) is 48.6. The minimum absolute atomic E-state index is 0.133. The summed E-state index contributed by atoms with van der Waals surface area (Å²) < 4.78 is 23.7. The molecule has 1 aliphatic rings. The number of ether oxygens (including phenoxy) is 1. The Bertz CT molecular complexity index is 1500. The van der Waals surface area contributed by atoms with Crippen molar-refractivity contribution in [1.82, 2.24) is 23.7 Å². The minimum atomic E-state index is -0.528. The predicted molar refractivity (Wildman–Crippen MR) is 121 cm³/mol. The van der Waals surface area contributed by atoms with Gasteiger partial charge in [-0.25, -0.2) is 19.2 Å². The van der Waals surface area contributed by atoms with Crippen molar-refractivity contribution in [3.05, 3.63) is 51.2 Å². The molecule has 0 radical (unpaired) electrons. The fourth-order valence-electron chi connectivity index (χ4n) is 4.03. The first kappa shape index (κ1) is 21.5. The van der Waals surface area contributed by atoms with E-state index in [1.807, 2.05) is 0 Å². The molecule has 0 spiro atoms. The number of nitrogens with zero attached hydrogens (tertiary/aromatic N) is 6. The Labute approximate surface area is 190 Å². The molecule has 1 amide bonds. The van der Waals surface area contributed by atoms with E-state index in [9.17, 15) is 18.8 Å². The molecule has 1 saturated heterocycles. The van der Waals surface area contributed by atoms with Crippen LogP contribution in [0.4, 0.5) is 9.52 Å². The molecule has 3 aromatic heterocycles. The molecule has 0 aliphatic carbocycles. The number of rotatable bonds is 5. The standard InChI is InChI=1S/C21H21FN6O4S/c1-25-18-17(19(30)26(2)21(25)31)27(11-23-18)10-16(29)28(9-13-4-3-7-32-13)20-24-14-6-5-12(22)8-15(14)33-20/h5-6,8,11,13H,3-4,7,9-10H2,1-2H3. The topological polar surface area (TPSA) is 104 Å². The number of benzene rings is 1. The lowest BCUT2D eigenvalue weighted by molar-refractivity contribution is -0.119. The van der Waals surface area contributed by atoms with Crippen LogP contribution in [0.1, 0.15) is 12.8 Å². The number of hydrogen-bond donors (Lipinski definition) is 0. The van der Waals surface area contributed by atoms with Gasteiger partial charge >= 0.3 is 5.69 Å². The van der Waals surface area contributed by atoms with Gasteiger partial charge in [0, 0.05) is 20.7 Å². The maximum Gasteiger partial charge on any atom is 0.332 e. The third-order valence-corrected chi connectivity index (χ3v) is 6.85. The van der Waals surface area contributed by atoms with Crippen molar-refractivity contribution in [2.75, 3.05) is 18.1 Å². The van der Waals surface area contributed by atoms with Crippen LogP contribution in [-0.4, -0.2) is 48.8 Å². The molecule has 1 aliphatic heterocycles. The van der Waals surface area contributed by atoms with E-state index in [-0.39, 0.29) is 35.5 Å². The van der Waals surface area contributed by atoms with Crippen LogP contribution >= 0.6 is 11.3 Å². The first-order chi connectivity index (χ1) is 15.8. The average Bonchev–Trinajstić information content (AvgIpc) is 3.54. The van der Waals surface area contributed by atoms with Crippen LogP contribution in [0.3, 0.4) is 0 Å². The second-order valence-electron chi connectivity index (χ2n) is 8.00. The molecular weight excluding hydrogens is 451 g/mol. The molecule has 172 valence electrons. The van der Waals surface area contributed by atoms with Gasteiger partial charge in [-0.1, -0.05) is 11.3 Å². The fraction of sp³-hybridized carbons (Fsp3) is 0.381. The van der Waals surface area contributed by atoms with Gasteiger partial charge in [0.1, 0.15) is 12.4 Å². The number of imidazole rings is 1. The quantitative estimate of drug-likeness (QED) is 0.435. The van der Waals surface area contributed by atoms with Gasteiger partial charge in [0.15, 0.2) is 16.3 Å². The Balaban J connectivity index is 1.53. The van der Waals surface area contributed by atoms with Crippen molar-refractivity contribution in [1.29, 1.82) is 0 Å². The van der Waals surface area contributed by atoms with Gasteiger partial charge in [-0.05, 0) is 31.0 Å². The third-order valence-electron chi connectivity index (χ3n) is 5.80. The van der Waals surface area contributed by atoms with Crippen LogP contribution < -0.4 is 16.1 Å². The molecule has 1 unspecified atom stereocenters. The maximum absolute atomic E-state index is 13.7. The smallest absolute Gasteiger partial charge is 0.332 e. The first-order valence-electron chi connectivity index (χ1n) is 10.4. The van der Waals surface area contributed by atoms with Crippen LogP contribution in [0.25, 0.3) is 21.4 Å². The maximum atomic E-state index is 13.7. The van der Waals surface area contributed by atoms with Crippen molar-refractivity contribution < 1.29 is 13.9 Å². The number of carbonyl (C=O) groups excluding carboxylic acids is 1. The van der Waals surface area contributed by atoms with E-state index in [1.54, 1.807) is 6.07 Å². The zero-order valence-corrected chi connectivity index (χ0v) is 18.8. The van der Waals surface area contributed by atoms with Crippen LogP contribution in [0.2, 0.25) is 0 Å². The van der Waals surface area contributed by atoms with Crippen LogP contribution in [0.15, 0.2) is 34.1 Å². The largest absolute Gasteiger partial charge is 0.376 e. The molecule has 5 rings (SSSR count). The van der Waals surface area contributed by atoms with Crippen molar-refractivity contribution in [2.45, 2.75) is 25.5 Å². The molecule has 0 saturated carbocycles. The number of thiazole rings is 1. The highest BCUT2D eigenvalue weighted by atomic mass is 32.1. The Morgan fingerprint density at radius 1 is 1.30 bits per heavy atom. The van der Waals surface area contributed by atoms with Gasteiger partial charge in [0.2, 0.25) is 5.91 Å². The number of anilines is 1. The highest BCUT2D eigenvalue weighted by molar-refractivity contribution is 7.22. The molecule has 10 nitrogen and oxygen atoms in total. The van der Waals surface area contributed by atoms with Crippen molar-refractivity contribution in [3.8, 4) is 0 Å². The van der Waals surface area contributed by atoms with Gasteiger partial charge < -0.3 is 9.30 Å². The molecule has 4 heterocycles. The summed E-state index contributed by atoms with van der Waals surface area (Å²) in [6.45, 7) is 0.749. The van der Waals surface area contributed by atoms with E-state index in [0.717, 1.165) is 17.4 Å². The van der Waals surface area contributed by atoms with Crippen LogP contribution in [0.5, 0.6) is 0 Å². The Morgan fingerprint density at radius 2 is 2.12 bits per heavy atom. The minimum Gasteiger partial charge on any atom is -0.376 e. The summed E-state index contributed by atoms with van der Waals surface area (Å²) in [6.07, 6.45) is 2.97. The molecule has 1 fully saturated rings. The second kappa shape index (κ2) is 8.19. The fourth-order valence-corrected chi connectivity index (χ4v) is 5.05. The summed E-state index contributed by atoms with van der Waals surface area (Å²) in [5.41, 5.74) is -0.0581. The highest BCUT2D eigenvalue weighted by Gasteiger charge is 2.27. The summed E-state index contributed by atoms with van der Waals surface area (Å²) in [5, 5.41) is 0.431. The zero-order valence-electron chi connectivity index (χ0n) is 18.0. The molecule has 1 aromatic carbocycles. The Morgan fingerprint density at radius 3 is 2.88 bits per heavy atom. The van der Waals surface area contributed by atoms with E-state index in [4.69, 9.17) is 4.74 Å².